The Kier molecular flexibility index (Phi) is 5.02. The van der Waals surface area contributed by atoms with Crippen LogP contribution in [0, 0.1) is 0 Å². The zero-order valence-corrected chi connectivity index (χ0v) is 12.7. The standard InChI is InChI=1S/C14H28N2O2/c1-11(2)15(6)12-7-9-16(10-8-12)13(17)18-14(3,4)5/h11-12H,7-10H2,1-6H3. The van der Waals surface area contributed by atoms with E-state index in [1.165, 1.54) is 0 Å². The highest BCUT2D eigenvalue weighted by Crippen LogP contribution is 2.19. The van der Waals surface area contributed by atoms with Crippen LogP contribution < -0.4 is 0 Å². The molecule has 0 unspecified atom stereocenters. The molecule has 1 heterocycles. The van der Waals surface area contributed by atoms with Crippen molar-refractivity contribution in [1.29, 1.82) is 0 Å². The van der Waals surface area contributed by atoms with Gasteiger partial charge in [0.15, 0.2) is 0 Å². The second kappa shape index (κ2) is 5.91. The third kappa shape index (κ3) is 4.48. The van der Waals surface area contributed by atoms with E-state index in [2.05, 4.69) is 25.8 Å². The van der Waals surface area contributed by atoms with E-state index < -0.39 is 5.60 Å². The Balaban J connectivity index is 2.42. The van der Waals surface area contributed by atoms with Gasteiger partial charge in [-0.05, 0) is 54.5 Å². The molecule has 0 saturated carbocycles. The Morgan fingerprint density at radius 1 is 1.28 bits per heavy atom. The van der Waals surface area contributed by atoms with Gasteiger partial charge in [-0.1, -0.05) is 0 Å². The molecule has 106 valence electrons. The fraction of sp³-hybridized carbons (Fsp3) is 0.929. The molecule has 0 radical (unpaired) electrons. The number of carbonyl (C=O) groups is 1. The van der Waals surface area contributed by atoms with Gasteiger partial charge in [-0.25, -0.2) is 4.79 Å². The highest BCUT2D eigenvalue weighted by atomic mass is 16.6. The van der Waals surface area contributed by atoms with E-state index in [0.717, 1.165) is 25.9 Å². The molecule has 4 heteroatoms. The Bertz CT molecular complexity index is 276. The van der Waals surface area contributed by atoms with Gasteiger partial charge in [-0.3, -0.25) is 0 Å². The third-order valence-electron chi connectivity index (χ3n) is 3.51. The summed E-state index contributed by atoms with van der Waals surface area (Å²) in [5.41, 5.74) is -0.400. The number of ether oxygens (including phenoxy) is 1. The van der Waals surface area contributed by atoms with Crippen molar-refractivity contribution in [2.45, 2.75) is 65.1 Å². The zero-order valence-electron chi connectivity index (χ0n) is 12.7. The maximum Gasteiger partial charge on any atom is 0.410 e. The van der Waals surface area contributed by atoms with Crippen LogP contribution >= 0.6 is 0 Å². The van der Waals surface area contributed by atoms with Crippen LogP contribution in [-0.4, -0.2) is 53.7 Å². The minimum atomic E-state index is -0.400. The normalized spacial score (nSPS) is 18.6. The Labute approximate surface area is 111 Å². The summed E-state index contributed by atoms with van der Waals surface area (Å²) in [5.74, 6) is 0. The number of carbonyl (C=O) groups excluding carboxylic acids is 1. The minimum Gasteiger partial charge on any atom is -0.444 e. The van der Waals surface area contributed by atoms with Gasteiger partial charge in [-0.15, -0.1) is 0 Å². The molecule has 4 nitrogen and oxygen atoms in total. The zero-order chi connectivity index (χ0) is 13.9. The van der Waals surface area contributed by atoms with E-state index >= 15 is 0 Å². The molecular formula is C14H28N2O2. The molecule has 1 aliphatic rings. The van der Waals surface area contributed by atoms with Crippen molar-refractivity contribution in [2.75, 3.05) is 20.1 Å². The molecule has 0 aromatic rings. The lowest BCUT2D eigenvalue weighted by molar-refractivity contribution is 0.0143. The Morgan fingerprint density at radius 2 is 1.78 bits per heavy atom. The number of amides is 1. The summed E-state index contributed by atoms with van der Waals surface area (Å²) in [4.78, 5) is 16.1. The van der Waals surface area contributed by atoms with E-state index in [9.17, 15) is 4.79 Å². The molecular weight excluding hydrogens is 228 g/mol. The molecule has 1 amide bonds. The molecule has 0 aromatic carbocycles. The fourth-order valence-electron chi connectivity index (χ4n) is 2.20. The average Bonchev–Trinajstić information content (AvgIpc) is 2.26. The summed E-state index contributed by atoms with van der Waals surface area (Å²) in [6.07, 6.45) is 1.90. The first kappa shape index (κ1) is 15.3. The van der Waals surface area contributed by atoms with Crippen molar-refractivity contribution in [2.24, 2.45) is 0 Å². The molecule has 0 aromatic heterocycles. The van der Waals surface area contributed by atoms with Crippen molar-refractivity contribution < 1.29 is 9.53 Å². The van der Waals surface area contributed by atoms with Crippen molar-refractivity contribution in [1.82, 2.24) is 9.80 Å². The van der Waals surface area contributed by atoms with Crippen molar-refractivity contribution in [3.8, 4) is 0 Å². The molecule has 1 rings (SSSR count). The van der Waals surface area contributed by atoms with Gasteiger partial charge in [0.25, 0.3) is 0 Å². The predicted molar refractivity (Wildman–Crippen MR) is 73.7 cm³/mol. The van der Waals surface area contributed by atoms with Crippen LogP contribution in [0.2, 0.25) is 0 Å². The van der Waals surface area contributed by atoms with Gasteiger partial charge in [0, 0.05) is 25.2 Å². The molecule has 1 fully saturated rings. The first-order valence-electron chi connectivity index (χ1n) is 6.90. The van der Waals surface area contributed by atoms with Gasteiger partial charge in [0.2, 0.25) is 0 Å². The molecule has 0 atom stereocenters. The highest BCUT2D eigenvalue weighted by molar-refractivity contribution is 5.68. The first-order chi connectivity index (χ1) is 8.20. The predicted octanol–water partition coefficient (Wildman–Crippen LogP) is 2.73. The lowest BCUT2D eigenvalue weighted by Gasteiger charge is -2.38. The largest absolute Gasteiger partial charge is 0.444 e. The first-order valence-corrected chi connectivity index (χ1v) is 6.90. The van der Waals surface area contributed by atoms with Gasteiger partial charge >= 0.3 is 6.09 Å². The monoisotopic (exact) mass is 256 g/mol. The highest BCUT2D eigenvalue weighted by Gasteiger charge is 2.28. The molecule has 1 aliphatic heterocycles. The topological polar surface area (TPSA) is 32.8 Å². The summed E-state index contributed by atoms with van der Waals surface area (Å²) in [7, 11) is 2.17. The smallest absolute Gasteiger partial charge is 0.410 e. The van der Waals surface area contributed by atoms with Crippen LogP contribution in [0.1, 0.15) is 47.5 Å². The fourth-order valence-corrected chi connectivity index (χ4v) is 2.20. The van der Waals surface area contributed by atoms with Crippen LogP contribution in [0.3, 0.4) is 0 Å². The SMILES string of the molecule is CC(C)N(C)C1CCN(C(=O)OC(C)(C)C)CC1. The quantitative estimate of drug-likeness (QED) is 0.761. The number of piperidine rings is 1. The number of hydrogen-bond donors (Lipinski definition) is 0. The van der Waals surface area contributed by atoms with Gasteiger partial charge in [0.05, 0.1) is 0 Å². The maximum absolute atomic E-state index is 11.9. The van der Waals surface area contributed by atoms with Crippen molar-refractivity contribution in [3.05, 3.63) is 0 Å². The molecule has 0 N–H and O–H groups in total. The van der Waals surface area contributed by atoms with Crippen LogP contribution in [0.15, 0.2) is 0 Å². The summed E-state index contributed by atoms with van der Waals surface area (Å²) in [6.45, 7) is 11.7. The van der Waals surface area contributed by atoms with Crippen molar-refractivity contribution in [3.63, 3.8) is 0 Å². The minimum absolute atomic E-state index is 0.173. The van der Waals surface area contributed by atoms with E-state index in [0.29, 0.717) is 12.1 Å². The number of rotatable bonds is 2. The second-order valence-corrected chi connectivity index (χ2v) is 6.46. The molecule has 1 saturated heterocycles. The van der Waals surface area contributed by atoms with Crippen LogP contribution in [-0.2, 0) is 4.74 Å². The molecule has 0 aliphatic carbocycles. The van der Waals surface area contributed by atoms with E-state index in [1.54, 1.807) is 0 Å². The Morgan fingerprint density at radius 3 is 2.17 bits per heavy atom. The van der Waals surface area contributed by atoms with E-state index in [4.69, 9.17) is 4.74 Å². The average molecular weight is 256 g/mol. The van der Waals surface area contributed by atoms with Gasteiger partial charge < -0.3 is 14.5 Å². The third-order valence-corrected chi connectivity index (χ3v) is 3.51. The van der Waals surface area contributed by atoms with E-state index in [1.807, 2.05) is 25.7 Å². The number of hydrogen-bond acceptors (Lipinski definition) is 3. The van der Waals surface area contributed by atoms with Crippen LogP contribution in [0.25, 0.3) is 0 Å². The molecule has 0 spiro atoms. The van der Waals surface area contributed by atoms with Gasteiger partial charge in [-0.2, -0.15) is 0 Å². The summed E-state index contributed by atoms with van der Waals surface area (Å²) in [5, 5.41) is 0. The number of nitrogens with zero attached hydrogens (tertiary/aromatic N) is 2. The van der Waals surface area contributed by atoms with Crippen LogP contribution in [0.5, 0.6) is 0 Å². The van der Waals surface area contributed by atoms with Gasteiger partial charge in [0.1, 0.15) is 5.60 Å². The molecule has 18 heavy (non-hydrogen) atoms. The summed E-state index contributed by atoms with van der Waals surface area (Å²) in [6, 6.07) is 1.15. The maximum atomic E-state index is 11.9. The lowest BCUT2D eigenvalue weighted by Crippen LogP contribution is -2.48. The lowest BCUT2D eigenvalue weighted by atomic mass is 10.0. The van der Waals surface area contributed by atoms with Crippen LogP contribution in [0.4, 0.5) is 4.79 Å². The second-order valence-electron chi connectivity index (χ2n) is 6.46. The summed E-state index contributed by atoms with van der Waals surface area (Å²) >= 11 is 0. The Hall–Kier alpha value is -0.770. The summed E-state index contributed by atoms with van der Waals surface area (Å²) < 4.78 is 5.39. The number of likely N-dealkylation sites (tertiary alicyclic amines) is 1. The molecule has 0 bridgehead atoms. The van der Waals surface area contributed by atoms with E-state index in [-0.39, 0.29) is 6.09 Å². The van der Waals surface area contributed by atoms with Crippen molar-refractivity contribution >= 4 is 6.09 Å².